The van der Waals surface area contributed by atoms with Crippen molar-refractivity contribution in [1.29, 1.82) is 0 Å². The molecule has 4 rings (SSSR count). The summed E-state index contributed by atoms with van der Waals surface area (Å²) in [5.74, 6) is -1.43. The molecule has 0 aliphatic carbocycles. The number of carbonyl (C=O) groups is 1. The van der Waals surface area contributed by atoms with Gasteiger partial charge in [0, 0.05) is 18.7 Å². The number of fused-ring (bicyclic) bond motifs is 1. The summed E-state index contributed by atoms with van der Waals surface area (Å²) in [5.41, 5.74) is 0.819. The fourth-order valence-corrected chi connectivity index (χ4v) is 4.14. The van der Waals surface area contributed by atoms with Gasteiger partial charge in [-0.1, -0.05) is 6.07 Å². The highest BCUT2D eigenvalue weighted by atomic mass is 19.1. The normalized spacial score (nSPS) is 14.7. The lowest BCUT2D eigenvalue weighted by Gasteiger charge is -2.37. The lowest BCUT2D eigenvalue weighted by Crippen LogP contribution is -2.43. The Kier molecular flexibility index (Phi) is 6.81. The van der Waals surface area contributed by atoms with Crippen LogP contribution in [0.2, 0.25) is 0 Å². The van der Waals surface area contributed by atoms with E-state index in [4.69, 9.17) is 14.2 Å². The summed E-state index contributed by atoms with van der Waals surface area (Å²) in [4.78, 5) is 25.1. The summed E-state index contributed by atoms with van der Waals surface area (Å²) in [7, 11) is 2.99. The van der Waals surface area contributed by atoms with Crippen LogP contribution in [0, 0.1) is 21.7 Å². The smallest absolute Gasteiger partial charge is 0.269 e. The van der Waals surface area contributed by atoms with E-state index in [9.17, 15) is 23.7 Å². The van der Waals surface area contributed by atoms with Gasteiger partial charge in [0.25, 0.3) is 11.6 Å². The number of nitro benzene ring substituents is 1. The summed E-state index contributed by atoms with van der Waals surface area (Å²) in [5, 5.41) is 10.9. The first kappa shape index (κ1) is 23.9. The number of carbonyl (C=O) groups excluding carboxylic acids is 1. The molecule has 0 saturated heterocycles. The van der Waals surface area contributed by atoms with Crippen molar-refractivity contribution in [2.24, 2.45) is 0 Å². The van der Waals surface area contributed by atoms with Crippen LogP contribution in [0.5, 0.6) is 17.2 Å². The van der Waals surface area contributed by atoms with Crippen molar-refractivity contribution in [3.8, 4) is 17.2 Å². The zero-order valence-electron chi connectivity index (χ0n) is 19.0. The van der Waals surface area contributed by atoms with Gasteiger partial charge in [-0.25, -0.2) is 8.78 Å². The average molecular weight is 484 g/mol. The summed E-state index contributed by atoms with van der Waals surface area (Å²) in [6.45, 7) is 0.117. The predicted molar refractivity (Wildman–Crippen MR) is 122 cm³/mol. The Morgan fingerprint density at radius 1 is 1.06 bits per heavy atom. The van der Waals surface area contributed by atoms with Crippen molar-refractivity contribution >= 4 is 11.6 Å². The summed E-state index contributed by atoms with van der Waals surface area (Å²) in [6, 6.07) is 11.5. The van der Waals surface area contributed by atoms with Crippen LogP contribution in [-0.4, -0.2) is 43.1 Å². The summed E-state index contributed by atoms with van der Waals surface area (Å²) < 4.78 is 45.5. The third-order valence-electron chi connectivity index (χ3n) is 5.90. The summed E-state index contributed by atoms with van der Waals surface area (Å²) in [6.07, 6.45) is 0.422. The van der Waals surface area contributed by atoms with E-state index in [0.717, 1.165) is 17.7 Å². The molecule has 0 radical (unpaired) electrons. The van der Waals surface area contributed by atoms with Crippen molar-refractivity contribution in [3.05, 3.63) is 93.0 Å². The second-order valence-corrected chi connectivity index (χ2v) is 7.83. The van der Waals surface area contributed by atoms with Crippen LogP contribution in [0.25, 0.3) is 0 Å². The van der Waals surface area contributed by atoms with E-state index in [1.54, 1.807) is 12.1 Å². The van der Waals surface area contributed by atoms with Crippen LogP contribution in [0.4, 0.5) is 14.5 Å². The number of halogens is 2. The number of non-ortho nitro benzene ring substituents is 1. The molecule has 0 bridgehead atoms. The molecule has 1 unspecified atom stereocenters. The minimum atomic E-state index is -0.955. The lowest BCUT2D eigenvalue weighted by molar-refractivity contribution is -0.384. The molecular weight excluding hydrogens is 462 g/mol. The van der Waals surface area contributed by atoms with Crippen molar-refractivity contribution in [2.75, 3.05) is 27.4 Å². The highest BCUT2D eigenvalue weighted by Crippen LogP contribution is 2.39. The average Bonchev–Trinajstić information content (AvgIpc) is 2.86. The summed E-state index contributed by atoms with van der Waals surface area (Å²) >= 11 is 0. The van der Waals surface area contributed by atoms with Crippen molar-refractivity contribution in [2.45, 2.75) is 12.5 Å². The molecular formula is C25H22F2N2O6. The topological polar surface area (TPSA) is 91.1 Å². The van der Waals surface area contributed by atoms with Crippen LogP contribution < -0.4 is 14.2 Å². The van der Waals surface area contributed by atoms with E-state index < -0.39 is 34.1 Å². The predicted octanol–water partition coefficient (Wildman–Crippen LogP) is 4.71. The quantitative estimate of drug-likeness (QED) is 0.356. The van der Waals surface area contributed by atoms with Gasteiger partial charge in [0.15, 0.2) is 11.5 Å². The first-order chi connectivity index (χ1) is 16.8. The zero-order valence-corrected chi connectivity index (χ0v) is 19.0. The molecule has 1 amide bonds. The van der Waals surface area contributed by atoms with Gasteiger partial charge in [-0.15, -0.1) is 0 Å². The molecule has 8 nitrogen and oxygen atoms in total. The Bertz CT molecular complexity index is 1250. The zero-order chi connectivity index (χ0) is 25.1. The number of methoxy groups -OCH3 is 2. The van der Waals surface area contributed by atoms with Crippen LogP contribution >= 0.6 is 0 Å². The van der Waals surface area contributed by atoms with Gasteiger partial charge >= 0.3 is 0 Å². The Hall–Kier alpha value is -4.21. The number of hydrogen-bond acceptors (Lipinski definition) is 6. The van der Waals surface area contributed by atoms with E-state index in [1.165, 1.54) is 49.5 Å². The highest BCUT2D eigenvalue weighted by Gasteiger charge is 2.35. The van der Waals surface area contributed by atoms with E-state index in [1.807, 2.05) is 0 Å². The van der Waals surface area contributed by atoms with Gasteiger partial charge in [0.2, 0.25) is 0 Å². The first-order valence-corrected chi connectivity index (χ1v) is 10.7. The van der Waals surface area contributed by atoms with Gasteiger partial charge in [0.1, 0.15) is 29.6 Å². The number of ether oxygens (including phenoxy) is 3. The molecule has 0 saturated carbocycles. The Morgan fingerprint density at radius 2 is 1.69 bits per heavy atom. The van der Waals surface area contributed by atoms with Gasteiger partial charge in [-0.2, -0.15) is 0 Å². The fraction of sp³-hybridized carbons (Fsp3) is 0.240. The number of hydrogen-bond donors (Lipinski definition) is 0. The minimum Gasteiger partial charge on any atom is -0.493 e. The molecule has 3 aromatic carbocycles. The first-order valence-electron chi connectivity index (χ1n) is 10.7. The number of benzene rings is 3. The van der Waals surface area contributed by atoms with Gasteiger partial charge < -0.3 is 19.1 Å². The Morgan fingerprint density at radius 3 is 2.29 bits per heavy atom. The second-order valence-electron chi connectivity index (χ2n) is 7.83. The number of amides is 1. The second kappa shape index (κ2) is 9.96. The van der Waals surface area contributed by atoms with Gasteiger partial charge in [-0.3, -0.25) is 14.9 Å². The molecule has 0 N–H and O–H groups in total. The van der Waals surface area contributed by atoms with Crippen LogP contribution in [0.1, 0.15) is 27.5 Å². The molecule has 1 aliphatic heterocycles. The Labute approximate surface area is 199 Å². The monoisotopic (exact) mass is 484 g/mol. The molecule has 0 aromatic heterocycles. The molecule has 0 spiro atoms. The van der Waals surface area contributed by atoms with Crippen LogP contribution in [0.3, 0.4) is 0 Å². The maximum absolute atomic E-state index is 14.4. The maximum atomic E-state index is 14.4. The number of rotatable bonds is 7. The van der Waals surface area contributed by atoms with Crippen molar-refractivity contribution in [1.82, 2.24) is 4.90 Å². The number of nitrogens with zero attached hydrogens (tertiary/aromatic N) is 2. The highest BCUT2D eigenvalue weighted by molar-refractivity contribution is 5.95. The van der Waals surface area contributed by atoms with E-state index in [0.29, 0.717) is 29.2 Å². The van der Waals surface area contributed by atoms with E-state index in [2.05, 4.69) is 0 Å². The largest absolute Gasteiger partial charge is 0.493 e. The molecule has 1 heterocycles. The van der Waals surface area contributed by atoms with E-state index >= 15 is 0 Å². The Balaban J connectivity index is 1.72. The van der Waals surface area contributed by atoms with Crippen molar-refractivity contribution < 1.29 is 32.7 Å². The molecule has 182 valence electrons. The molecule has 10 heteroatoms. The molecule has 1 atom stereocenters. The third-order valence-corrected chi connectivity index (χ3v) is 5.90. The number of nitro groups is 1. The maximum Gasteiger partial charge on any atom is 0.269 e. The molecule has 1 aliphatic rings. The fourth-order valence-electron chi connectivity index (χ4n) is 4.14. The van der Waals surface area contributed by atoms with Gasteiger partial charge in [0.05, 0.1) is 25.2 Å². The van der Waals surface area contributed by atoms with Crippen LogP contribution in [-0.2, 0) is 6.42 Å². The molecule has 35 heavy (non-hydrogen) atoms. The van der Waals surface area contributed by atoms with Crippen molar-refractivity contribution in [3.63, 3.8) is 0 Å². The minimum absolute atomic E-state index is 0.0674. The third kappa shape index (κ3) is 4.72. The molecule has 0 fully saturated rings. The standard InChI is InChI=1S/C25H22F2N2O6/c1-33-22-12-15-10-11-28(25(30)24-19(26)4-3-5-20(24)27)21(18(15)13-23(22)34-2)14-35-17-8-6-16(7-9-17)29(31)32/h3-9,12-13,21H,10-11,14H2,1-2H3. The van der Waals surface area contributed by atoms with Gasteiger partial charge in [-0.05, 0) is 53.9 Å². The molecule has 3 aromatic rings. The van der Waals surface area contributed by atoms with E-state index in [-0.39, 0.29) is 18.8 Å². The SMILES string of the molecule is COc1cc2c(cc1OC)C(COc1ccc([N+](=O)[O-])cc1)N(C(=O)c1c(F)cccc1F)CC2. The lowest BCUT2D eigenvalue weighted by atomic mass is 9.91. The van der Waals surface area contributed by atoms with Crippen LogP contribution in [0.15, 0.2) is 54.6 Å².